The SMILES string of the molecule is CCCNCC1CCCN(S(=O)(=O)N(C)CC2CCC2)C1. The summed E-state index contributed by atoms with van der Waals surface area (Å²) in [6, 6.07) is 0. The third-order valence-corrected chi connectivity index (χ3v) is 6.72. The van der Waals surface area contributed by atoms with E-state index in [-0.39, 0.29) is 0 Å². The fourth-order valence-electron chi connectivity index (χ4n) is 3.22. The first-order valence-electron chi connectivity index (χ1n) is 8.46. The maximum absolute atomic E-state index is 12.7. The molecule has 2 rings (SSSR count). The van der Waals surface area contributed by atoms with Gasteiger partial charge in [-0.15, -0.1) is 0 Å². The molecule has 0 aromatic heterocycles. The Morgan fingerprint density at radius 3 is 2.52 bits per heavy atom. The van der Waals surface area contributed by atoms with Gasteiger partial charge in [-0.25, -0.2) is 0 Å². The summed E-state index contributed by atoms with van der Waals surface area (Å²) in [6.07, 6.45) is 6.86. The highest BCUT2D eigenvalue weighted by molar-refractivity contribution is 7.86. The third-order valence-electron chi connectivity index (χ3n) is 4.80. The molecule has 21 heavy (non-hydrogen) atoms. The predicted octanol–water partition coefficient (Wildman–Crippen LogP) is 1.67. The van der Waals surface area contributed by atoms with Gasteiger partial charge in [-0.1, -0.05) is 13.3 Å². The van der Waals surface area contributed by atoms with Gasteiger partial charge in [-0.05, 0) is 57.0 Å². The van der Waals surface area contributed by atoms with E-state index in [1.807, 2.05) is 0 Å². The molecule has 124 valence electrons. The molecule has 0 bridgehead atoms. The molecular formula is C15H31N3O2S. The highest BCUT2D eigenvalue weighted by Crippen LogP contribution is 2.28. The Labute approximate surface area is 130 Å². The van der Waals surface area contributed by atoms with Crippen molar-refractivity contribution in [2.75, 3.05) is 39.8 Å². The maximum Gasteiger partial charge on any atom is 0.281 e. The van der Waals surface area contributed by atoms with Crippen molar-refractivity contribution in [1.82, 2.24) is 13.9 Å². The van der Waals surface area contributed by atoms with Gasteiger partial charge in [-0.2, -0.15) is 17.0 Å². The second-order valence-electron chi connectivity index (χ2n) is 6.66. The van der Waals surface area contributed by atoms with Crippen molar-refractivity contribution in [3.8, 4) is 0 Å². The summed E-state index contributed by atoms with van der Waals surface area (Å²) in [5, 5.41) is 3.42. The fourth-order valence-corrected chi connectivity index (χ4v) is 4.77. The second-order valence-corrected chi connectivity index (χ2v) is 8.69. The largest absolute Gasteiger partial charge is 0.316 e. The molecule has 1 N–H and O–H groups in total. The fraction of sp³-hybridized carbons (Fsp3) is 1.00. The molecule has 1 unspecified atom stereocenters. The molecule has 1 saturated heterocycles. The Bertz CT molecular complexity index is 409. The third kappa shape index (κ3) is 4.65. The van der Waals surface area contributed by atoms with Gasteiger partial charge >= 0.3 is 0 Å². The minimum atomic E-state index is -3.26. The number of nitrogens with zero attached hydrogens (tertiary/aromatic N) is 2. The molecule has 0 radical (unpaired) electrons. The predicted molar refractivity (Wildman–Crippen MR) is 86.3 cm³/mol. The molecule has 1 heterocycles. The van der Waals surface area contributed by atoms with Crippen molar-refractivity contribution in [2.45, 2.75) is 45.4 Å². The quantitative estimate of drug-likeness (QED) is 0.693. The maximum atomic E-state index is 12.7. The first-order valence-corrected chi connectivity index (χ1v) is 9.86. The van der Waals surface area contributed by atoms with Crippen LogP contribution in [0.5, 0.6) is 0 Å². The zero-order valence-electron chi connectivity index (χ0n) is 13.6. The average molecular weight is 317 g/mol. The van der Waals surface area contributed by atoms with Crippen LogP contribution in [0.25, 0.3) is 0 Å². The molecule has 2 fully saturated rings. The van der Waals surface area contributed by atoms with Crippen molar-refractivity contribution >= 4 is 10.2 Å². The van der Waals surface area contributed by atoms with Gasteiger partial charge in [0.25, 0.3) is 10.2 Å². The van der Waals surface area contributed by atoms with Crippen LogP contribution in [0.3, 0.4) is 0 Å². The van der Waals surface area contributed by atoms with Gasteiger partial charge in [0.1, 0.15) is 0 Å². The number of piperidine rings is 1. The van der Waals surface area contributed by atoms with E-state index in [2.05, 4.69) is 12.2 Å². The van der Waals surface area contributed by atoms with E-state index >= 15 is 0 Å². The van der Waals surface area contributed by atoms with Gasteiger partial charge in [-0.3, -0.25) is 0 Å². The molecule has 1 aliphatic carbocycles. The van der Waals surface area contributed by atoms with E-state index in [0.29, 0.717) is 31.5 Å². The minimum Gasteiger partial charge on any atom is -0.316 e. The molecule has 1 atom stereocenters. The standard InChI is InChI=1S/C15H31N3O2S/c1-3-9-16-11-15-8-5-10-18(13-15)21(19,20)17(2)12-14-6-4-7-14/h14-16H,3-13H2,1-2H3. The first-order chi connectivity index (χ1) is 10.0. The Kier molecular flexibility index (Phi) is 6.47. The first kappa shape index (κ1) is 17.2. The monoisotopic (exact) mass is 317 g/mol. The Balaban J connectivity index is 1.85. The van der Waals surface area contributed by atoms with Crippen LogP contribution in [0.4, 0.5) is 0 Å². The molecule has 1 saturated carbocycles. The van der Waals surface area contributed by atoms with Gasteiger partial charge in [0.2, 0.25) is 0 Å². The summed E-state index contributed by atoms with van der Waals surface area (Å²) < 4.78 is 28.6. The lowest BCUT2D eigenvalue weighted by molar-refractivity contribution is 0.225. The van der Waals surface area contributed by atoms with Gasteiger partial charge in [0.05, 0.1) is 0 Å². The molecule has 0 aromatic rings. The Hall–Kier alpha value is -0.170. The highest BCUT2D eigenvalue weighted by atomic mass is 32.2. The van der Waals surface area contributed by atoms with E-state index in [1.165, 1.54) is 19.3 Å². The number of hydrogen-bond donors (Lipinski definition) is 1. The number of hydrogen-bond acceptors (Lipinski definition) is 3. The second kappa shape index (κ2) is 7.90. The molecule has 6 heteroatoms. The highest BCUT2D eigenvalue weighted by Gasteiger charge is 2.33. The van der Waals surface area contributed by atoms with Crippen LogP contribution in [-0.2, 0) is 10.2 Å². The van der Waals surface area contributed by atoms with Crippen LogP contribution in [0.15, 0.2) is 0 Å². The van der Waals surface area contributed by atoms with E-state index in [0.717, 1.165) is 32.4 Å². The summed E-state index contributed by atoms with van der Waals surface area (Å²) in [6.45, 7) is 6.16. The molecule has 1 aliphatic heterocycles. The van der Waals surface area contributed by atoms with Crippen LogP contribution >= 0.6 is 0 Å². The molecular weight excluding hydrogens is 286 g/mol. The van der Waals surface area contributed by atoms with Crippen LogP contribution in [0, 0.1) is 11.8 Å². The van der Waals surface area contributed by atoms with Crippen LogP contribution in [0.2, 0.25) is 0 Å². The van der Waals surface area contributed by atoms with Crippen molar-refractivity contribution in [2.24, 2.45) is 11.8 Å². The molecule has 0 aromatic carbocycles. The Morgan fingerprint density at radius 1 is 1.19 bits per heavy atom. The van der Waals surface area contributed by atoms with E-state index in [9.17, 15) is 8.42 Å². The van der Waals surface area contributed by atoms with Crippen molar-refractivity contribution < 1.29 is 8.42 Å². The minimum absolute atomic E-state index is 0.456. The lowest BCUT2D eigenvalue weighted by Crippen LogP contribution is -2.49. The summed E-state index contributed by atoms with van der Waals surface area (Å²) >= 11 is 0. The summed E-state index contributed by atoms with van der Waals surface area (Å²) in [5.41, 5.74) is 0. The molecule has 2 aliphatic rings. The van der Waals surface area contributed by atoms with Crippen LogP contribution in [-0.4, -0.2) is 56.8 Å². The average Bonchev–Trinajstić information content (AvgIpc) is 2.43. The van der Waals surface area contributed by atoms with Crippen LogP contribution < -0.4 is 5.32 Å². The Morgan fingerprint density at radius 2 is 1.90 bits per heavy atom. The van der Waals surface area contributed by atoms with Gasteiger partial charge in [0.15, 0.2) is 0 Å². The molecule has 5 nitrogen and oxygen atoms in total. The van der Waals surface area contributed by atoms with E-state index in [1.54, 1.807) is 15.7 Å². The van der Waals surface area contributed by atoms with Crippen molar-refractivity contribution in [1.29, 1.82) is 0 Å². The molecule has 0 amide bonds. The number of rotatable bonds is 8. The van der Waals surface area contributed by atoms with Gasteiger partial charge in [0, 0.05) is 26.7 Å². The summed E-state index contributed by atoms with van der Waals surface area (Å²) in [5.74, 6) is 1.04. The zero-order valence-corrected chi connectivity index (χ0v) is 14.4. The summed E-state index contributed by atoms with van der Waals surface area (Å²) in [7, 11) is -1.52. The van der Waals surface area contributed by atoms with Crippen LogP contribution in [0.1, 0.15) is 45.4 Å². The zero-order chi connectivity index (χ0) is 15.3. The lowest BCUT2D eigenvalue weighted by atomic mass is 9.86. The normalized spacial score (nSPS) is 25.2. The van der Waals surface area contributed by atoms with Gasteiger partial charge < -0.3 is 5.32 Å². The smallest absolute Gasteiger partial charge is 0.281 e. The number of nitrogens with one attached hydrogen (secondary N) is 1. The van der Waals surface area contributed by atoms with Crippen molar-refractivity contribution in [3.05, 3.63) is 0 Å². The van der Waals surface area contributed by atoms with Crippen molar-refractivity contribution in [3.63, 3.8) is 0 Å². The topological polar surface area (TPSA) is 52.7 Å². The summed E-state index contributed by atoms with van der Waals surface area (Å²) in [4.78, 5) is 0. The lowest BCUT2D eigenvalue weighted by Gasteiger charge is -2.36. The van der Waals surface area contributed by atoms with E-state index < -0.39 is 10.2 Å². The molecule has 0 spiro atoms. The van der Waals surface area contributed by atoms with E-state index in [4.69, 9.17) is 0 Å².